The van der Waals surface area contributed by atoms with Crippen molar-refractivity contribution in [2.75, 3.05) is 19.7 Å². The van der Waals surface area contributed by atoms with E-state index in [9.17, 15) is 4.79 Å². The molecule has 4 nitrogen and oxygen atoms in total. The summed E-state index contributed by atoms with van der Waals surface area (Å²) in [7, 11) is 0. The Morgan fingerprint density at radius 1 is 1.12 bits per heavy atom. The number of aryl methyl sites for hydroxylation is 1. The van der Waals surface area contributed by atoms with Gasteiger partial charge in [-0.3, -0.25) is 4.79 Å². The van der Waals surface area contributed by atoms with Gasteiger partial charge in [-0.1, -0.05) is 48.0 Å². The Morgan fingerprint density at radius 3 is 2.54 bits per heavy atom. The minimum Gasteiger partial charge on any atom is -0.484 e. The van der Waals surface area contributed by atoms with Gasteiger partial charge in [-0.25, -0.2) is 0 Å². The van der Waals surface area contributed by atoms with Crippen LogP contribution in [0.15, 0.2) is 54.6 Å². The number of amides is 1. The topological polar surface area (TPSA) is 38.8 Å². The minimum atomic E-state index is -0.0879. The largest absolute Gasteiger partial charge is 0.484 e. The highest BCUT2D eigenvalue weighted by Gasteiger charge is 2.29. The third kappa shape index (κ3) is 4.15. The number of rotatable bonds is 4. The molecule has 2 aromatic rings. The molecule has 0 spiro atoms. The predicted molar refractivity (Wildman–Crippen MR) is 93.0 cm³/mol. The van der Waals surface area contributed by atoms with Crippen molar-refractivity contribution < 1.29 is 14.3 Å². The second-order valence-corrected chi connectivity index (χ2v) is 6.25. The number of carbonyl (C=O) groups excluding carboxylic acids is 1. The van der Waals surface area contributed by atoms with Crippen LogP contribution in [0.3, 0.4) is 0 Å². The van der Waals surface area contributed by atoms with Gasteiger partial charge in [0.05, 0.1) is 12.6 Å². The van der Waals surface area contributed by atoms with Crippen molar-refractivity contribution in [2.24, 2.45) is 0 Å². The molecule has 1 heterocycles. The van der Waals surface area contributed by atoms with E-state index in [0.717, 1.165) is 5.56 Å². The molecular formula is C20H23NO3. The Bertz CT molecular complexity index is 669. The van der Waals surface area contributed by atoms with E-state index in [4.69, 9.17) is 9.47 Å². The van der Waals surface area contributed by atoms with Gasteiger partial charge in [0.15, 0.2) is 6.61 Å². The van der Waals surface area contributed by atoms with Gasteiger partial charge in [0.1, 0.15) is 11.9 Å². The summed E-state index contributed by atoms with van der Waals surface area (Å²) in [6.45, 7) is 5.27. The minimum absolute atomic E-state index is 0.00530. The molecule has 0 radical (unpaired) electrons. The molecule has 2 unspecified atom stereocenters. The third-order valence-electron chi connectivity index (χ3n) is 4.17. The number of hydrogen-bond donors (Lipinski definition) is 0. The molecule has 1 aliphatic heterocycles. The first-order valence-electron chi connectivity index (χ1n) is 8.29. The van der Waals surface area contributed by atoms with Crippen LogP contribution in [0.5, 0.6) is 5.75 Å². The first-order chi connectivity index (χ1) is 11.6. The van der Waals surface area contributed by atoms with Gasteiger partial charge in [0, 0.05) is 6.54 Å². The summed E-state index contributed by atoms with van der Waals surface area (Å²) < 4.78 is 11.6. The van der Waals surface area contributed by atoms with E-state index in [1.807, 2.05) is 42.2 Å². The van der Waals surface area contributed by atoms with E-state index < -0.39 is 0 Å². The lowest BCUT2D eigenvalue weighted by atomic mass is 10.0. The number of benzene rings is 2. The summed E-state index contributed by atoms with van der Waals surface area (Å²) in [5.74, 6) is 0.702. The second kappa shape index (κ2) is 7.49. The average molecular weight is 325 g/mol. The molecule has 1 aliphatic rings. The fourth-order valence-electron chi connectivity index (χ4n) is 2.87. The van der Waals surface area contributed by atoms with E-state index >= 15 is 0 Å². The van der Waals surface area contributed by atoms with Crippen molar-refractivity contribution in [3.63, 3.8) is 0 Å². The van der Waals surface area contributed by atoms with Gasteiger partial charge in [-0.2, -0.15) is 0 Å². The maximum atomic E-state index is 12.5. The van der Waals surface area contributed by atoms with E-state index in [0.29, 0.717) is 18.8 Å². The van der Waals surface area contributed by atoms with E-state index in [2.05, 4.69) is 31.2 Å². The van der Waals surface area contributed by atoms with Crippen LogP contribution < -0.4 is 4.74 Å². The number of hydrogen-bond acceptors (Lipinski definition) is 3. The zero-order valence-electron chi connectivity index (χ0n) is 14.1. The predicted octanol–water partition coefficient (Wildman–Crippen LogP) is 3.36. The lowest BCUT2D eigenvalue weighted by Gasteiger charge is -2.37. The SMILES string of the molecule is Cc1ccc(C2CN(C(=O)COc3ccccc3)CC(C)O2)cc1. The van der Waals surface area contributed by atoms with E-state index in [1.54, 1.807) is 0 Å². The molecule has 24 heavy (non-hydrogen) atoms. The fraction of sp³-hybridized carbons (Fsp3) is 0.350. The second-order valence-electron chi connectivity index (χ2n) is 6.25. The van der Waals surface area contributed by atoms with Crippen molar-refractivity contribution in [1.82, 2.24) is 4.90 Å². The molecule has 2 atom stereocenters. The Labute approximate surface area is 143 Å². The van der Waals surface area contributed by atoms with E-state index in [1.165, 1.54) is 5.56 Å². The Balaban J connectivity index is 1.62. The van der Waals surface area contributed by atoms with Crippen LogP contribution in [0.25, 0.3) is 0 Å². The van der Waals surface area contributed by atoms with Crippen LogP contribution in [0, 0.1) is 6.92 Å². The quantitative estimate of drug-likeness (QED) is 0.865. The van der Waals surface area contributed by atoms with Gasteiger partial charge < -0.3 is 14.4 Å². The summed E-state index contributed by atoms with van der Waals surface area (Å²) in [6.07, 6.45) is -0.0826. The van der Waals surface area contributed by atoms with E-state index in [-0.39, 0.29) is 24.7 Å². The van der Waals surface area contributed by atoms with Gasteiger partial charge in [-0.05, 0) is 31.5 Å². The van der Waals surface area contributed by atoms with Crippen LogP contribution in [0.2, 0.25) is 0 Å². The van der Waals surface area contributed by atoms with Crippen LogP contribution in [0.4, 0.5) is 0 Å². The Hall–Kier alpha value is -2.33. The first-order valence-corrected chi connectivity index (χ1v) is 8.29. The van der Waals surface area contributed by atoms with Crippen molar-refractivity contribution >= 4 is 5.91 Å². The molecule has 0 saturated carbocycles. The molecule has 0 bridgehead atoms. The van der Waals surface area contributed by atoms with Crippen molar-refractivity contribution in [2.45, 2.75) is 26.1 Å². The zero-order chi connectivity index (χ0) is 16.9. The van der Waals surface area contributed by atoms with Crippen molar-refractivity contribution in [1.29, 1.82) is 0 Å². The number of nitrogens with zero attached hydrogens (tertiary/aromatic N) is 1. The third-order valence-corrected chi connectivity index (χ3v) is 4.17. The molecule has 4 heteroatoms. The highest BCUT2D eigenvalue weighted by Crippen LogP contribution is 2.25. The summed E-state index contributed by atoms with van der Waals surface area (Å²) in [5, 5.41) is 0. The van der Waals surface area contributed by atoms with Gasteiger partial charge in [0.25, 0.3) is 5.91 Å². The van der Waals surface area contributed by atoms with Crippen LogP contribution in [-0.2, 0) is 9.53 Å². The molecule has 0 aromatic heterocycles. The van der Waals surface area contributed by atoms with Gasteiger partial charge >= 0.3 is 0 Å². The number of morpholine rings is 1. The average Bonchev–Trinajstić information content (AvgIpc) is 2.60. The van der Waals surface area contributed by atoms with Crippen molar-refractivity contribution in [3.05, 3.63) is 65.7 Å². The normalized spacial score (nSPS) is 20.7. The van der Waals surface area contributed by atoms with Gasteiger partial charge in [0.2, 0.25) is 0 Å². The molecule has 1 amide bonds. The molecule has 2 aromatic carbocycles. The van der Waals surface area contributed by atoms with Crippen LogP contribution in [-0.4, -0.2) is 36.6 Å². The molecule has 0 aliphatic carbocycles. The lowest BCUT2D eigenvalue weighted by molar-refractivity contribution is -0.146. The maximum absolute atomic E-state index is 12.5. The molecule has 3 rings (SSSR count). The Morgan fingerprint density at radius 2 is 1.83 bits per heavy atom. The smallest absolute Gasteiger partial charge is 0.260 e. The summed E-state index contributed by atoms with van der Waals surface area (Å²) >= 11 is 0. The summed E-state index contributed by atoms with van der Waals surface area (Å²) in [4.78, 5) is 14.3. The molecular weight excluding hydrogens is 302 g/mol. The standard InChI is InChI=1S/C20H23NO3/c1-15-8-10-17(11-9-15)19-13-21(12-16(2)24-19)20(22)14-23-18-6-4-3-5-7-18/h3-11,16,19H,12-14H2,1-2H3. The van der Waals surface area contributed by atoms with Crippen LogP contribution >= 0.6 is 0 Å². The molecule has 126 valence electrons. The molecule has 1 saturated heterocycles. The highest BCUT2D eigenvalue weighted by atomic mass is 16.5. The fourth-order valence-corrected chi connectivity index (χ4v) is 2.87. The van der Waals surface area contributed by atoms with Crippen molar-refractivity contribution in [3.8, 4) is 5.75 Å². The number of carbonyl (C=O) groups is 1. The first kappa shape index (κ1) is 16.5. The summed E-state index contributed by atoms with van der Waals surface area (Å²) in [6, 6.07) is 17.7. The number of ether oxygens (including phenoxy) is 2. The van der Waals surface area contributed by atoms with Crippen LogP contribution in [0.1, 0.15) is 24.2 Å². The zero-order valence-corrected chi connectivity index (χ0v) is 14.1. The summed E-state index contributed by atoms with van der Waals surface area (Å²) in [5.41, 5.74) is 2.32. The number of para-hydroxylation sites is 1. The molecule has 0 N–H and O–H groups in total. The van der Waals surface area contributed by atoms with Gasteiger partial charge in [-0.15, -0.1) is 0 Å². The highest BCUT2D eigenvalue weighted by molar-refractivity contribution is 5.78. The monoisotopic (exact) mass is 325 g/mol. The lowest BCUT2D eigenvalue weighted by Crippen LogP contribution is -2.47. The maximum Gasteiger partial charge on any atom is 0.260 e. The molecule has 1 fully saturated rings. The Kier molecular flexibility index (Phi) is 5.16.